The van der Waals surface area contributed by atoms with Gasteiger partial charge >= 0.3 is 0 Å². The van der Waals surface area contributed by atoms with Crippen LogP contribution in [0.25, 0.3) is 10.9 Å². The molecular weight excluding hydrogens is 352 g/mol. The Morgan fingerprint density at radius 1 is 0.893 bits per heavy atom. The Morgan fingerprint density at radius 2 is 1.68 bits per heavy atom. The molecule has 1 aromatic heterocycles. The molecule has 28 heavy (non-hydrogen) atoms. The number of fused-ring (bicyclic) bond motifs is 1. The highest BCUT2D eigenvalue weighted by Gasteiger charge is 2.20. The number of benzene rings is 3. The summed E-state index contributed by atoms with van der Waals surface area (Å²) in [5.41, 5.74) is 2.72. The van der Waals surface area contributed by atoms with Crippen LogP contribution in [-0.2, 0) is 11.4 Å². The summed E-state index contributed by atoms with van der Waals surface area (Å²) in [7, 11) is 0. The number of ether oxygens (including phenoxy) is 1. The third-order valence-electron chi connectivity index (χ3n) is 4.38. The molecule has 0 unspecified atom stereocenters. The topological polar surface area (TPSA) is 71.2 Å². The Hall–Kier alpha value is -3.86. The van der Waals surface area contributed by atoms with E-state index in [9.17, 15) is 9.59 Å². The van der Waals surface area contributed by atoms with E-state index >= 15 is 0 Å². The number of para-hydroxylation sites is 1. The van der Waals surface area contributed by atoms with E-state index in [0.29, 0.717) is 23.6 Å². The van der Waals surface area contributed by atoms with Crippen molar-refractivity contribution in [2.45, 2.75) is 6.61 Å². The normalized spacial score (nSPS) is 10.6. The lowest BCUT2D eigenvalue weighted by atomic mass is 10.1. The Morgan fingerprint density at radius 3 is 2.54 bits per heavy atom. The van der Waals surface area contributed by atoms with Gasteiger partial charge in [0.05, 0.1) is 5.56 Å². The van der Waals surface area contributed by atoms with Crippen LogP contribution in [0.5, 0.6) is 5.75 Å². The third kappa shape index (κ3) is 3.78. The first-order valence-electron chi connectivity index (χ1n) is 8.89. The van der Waals surface area contributed by atoms with Crippen molar-refractivity contribution in [2.75, 3.05) is 5.32 Å². The predicted octanol–water partition coefficient (Wildman–Crippen LogP) is 4.57. The van der Waals surface area contributed by atoms with Crippen LogP contribution in [0.2, 0.25) is 0 Å². The zero-order chi connectivity index (χ0) is 19.3. The number of carbonyl (C=O) groups is 2. The van der Waals surface area contributed by atoms with E-state index in [4.69, 9.17) is 4.74 Å². The van der Waals surface area contributed by atoms with Crippen molar-refractivity contribution in [3.8, 4) is 5.75 Å². The second-order valence-electron chi connectivity index (χ2n) is 6.33. The Bertz CT molecular complexity index is 1130. The van der Waals surface area contributed by atoms with Crippen LogP contribution >= 0.6 is 0 Å². The van der Waals surface area contributed by atoms with Gasteiger partial charge in [-0.15, -0.1) is 0 Å². The van der Waals surface area contributed by atoms with Crippen molar-refractivity contribution in [3.63, 3.8) is 0 Å². The fourth-order valence-corrected chi connectivity index (χ4v) is 2.97. The second-order valence-corrected chi connectivity index (χ2v) is 6.33. The number of H-pyrrole nitrogens is 1. The summed E-state index contributed by atoms with van der Waals surface area (Å²) in [4.78, 5) is 28.0. The van der Waals surface area contributed by atoms with E-state index in [1.165, 1.54) is 0 Å². The maximum atomic E-state index is 12.6. The van der Waals surface area contributed by atoms with Gasteiger partial charge in [0, 0.05) is 28.9 Å². The predicted molar refractivity (Wildman–Crippen MR) is 108 cm³/mol. The first-order chi connectivity index (χ1) is 13.7. The maximum absolute atomic E-state index is 12.6. The average Bonchev–Trinajstić information content (AvgIpc) is 3.17. The monoisotopic (exact) mass is 370 g/mol. The molecule has 0 atom stereocenters. The van der Waals surface area contributed by atoms with Crippen LogP contribution < -0.4 is 10.1 Å². The fraction of sp³-hybridized carbons (Fsp3) is 0.0435. The molecule has 138 valence electrons. The molecular formula is C23H18N2O3. The molecule has 1 amide bonds. The molecule has 0 bridgehead atoms. The van der Waals surface area contributed by atoms with Gasteiger partial charge in [0.2, 0.25) is 0 Å². The average molecular weight is 370 g/mol. The number of aromatic amines is 1. The highest BCUT2D eigenvalue weighted by atomic mass is 16.5. The number of anilines is 1. The summed E-state index contributed by atoms with van der Waals surface area (Å²) >= 11 is 0. The first kappa shape index (κ1) is 17.5. The molecule has 0 aliphatic rings. The number of hydrogen-bond acceptors (Lipinski definition) is 3. The van der Waals surface area contributed by atoms with Gasteiger partial charge in [0.25, 0.3) is 11.7 Å². The molecule has 1 heterocycles. The Balaban J connectivity index is 1.45. The summed E-state index contributed by atoms with van der Waals surface area (Å²) in [5, 5.41) is 3.38. The van der Waals surface area contributed by atoms with Gasteiger partial charge in [-0.25, -0.2) is 0 Å². The van der Waals surface area contributed by atoms with E-state index in [0.717, 1.165) is 16.5 Å². The number of carbonyl (C=O) groups excluding carboxylic acids is 2. The molecule has 4 aromatic rings. The lowest BCUT2D eigenvalue weighted by Crippen LogP contribution is -2.22. The number of hydrogen-bond donors (Lipinski definition) is 2. The van der Waals surface area contributed by atoms with Crippen molar-refractivity contribution < 1.29 is 14.3 Å². The summed E-state index contributed by atoms with van der Waals surface area (Å²) in [6, 6.07) is 24.2. The van der Waals surface area contributed by atoms with Crippen LogP contribution in [0.15, 0.2) is 85.1 Å². The van der Waals surface area contributed by atoms with Crippen LogP contribution in [0, 0.1) is 0 Å². The largest absolute Gasteiger partial charge is 0.489 e. The smallest absolute Gasteiger partial charge is 0.296 e. The minimum atomic E-state index is -0.690. The van der Waals surface area contributed by atoms with Gasteiger partial charge in [0.15, 0.2) is 0 Å². The SMILES string of the molecule is O=C(Nc1cccc(OCc2ccccc2)c1)C(=O)c1c[nH]c2ccccc12. The van der Waals surface area contributed by atoms with Gasteiger partial charge in [0.1, 0.15) is 12.4 Å². The minimum absolute atomic E-state index is 0.351. The van der Waals surface area contributed by atoms with E-state index in [1.807, 2.05) is 54.6 Å². The molecule has 0 saturated heterocycles. The molecule has 0 radical (unpaired) electrons. The highest BCUT2D eigenvalue weighted by molar-refractivity contribution is 6.48. The van der Waals surface area contributed by atoms with E-state index < -0.39 is 11.7 Å². The van der Waals surface area contributed by atoms with Gasteiger partial charge in [-0.1, -0.05) is 54.6 Å². The van der Waals surface area contributed by atoms with Crippen molar-refractivity contribution >= 4 is 28.3 Å². The molecule has 0 aliphatic heterocycles. The summed E-state index contributed by atoms with van der Waals surface area (Å²) < 4.78 is 5.76. The molecule has 0 aliphatic carbocycles. The Kier molecular flexibility index (Phi) is 4.89. The molecule has 3 aromatic carbocycles. The standard InChI is InChI=1S/C23H18N2O3/c26-22(20-14-24-21-12-5-4-11-19(20)21)23(27)25-17-9-6-10-18(13-17)28-15-16-7-2-1-3-8-16/h1-14,24H,15H2,(H,25,27). The van der Waals surface area contributed by atoms with Crippen LogP contribution in [-0.4, -0.2) is 16.7 Å². The van der Waals surface area contributed by atoms with Gasteiger partial charge < -0.3 is 15.0 Å². The third-order valence-corrected chi connectivity index (χ3v) is 4.38. The van der Waals surface area contributed by atoms with Gasteiger partial charge in [-0.3, -0.25) is 9.59 Å². The van der Waals surface area contributed by atoms with Crippen LogP contribution in [0.4, 0.5) is 5.69 Å². The fourth-order valence-electron chi connectivity index (χ4n) is 2.97. The Labute approximate surface area is 162 Å². The lowest BCUT2D eigenvalue weighted by Gasteiger charge is -2.09. The summed E-state index contributed by atoms with van der Waals surface area (Å²) in [6.45, 7) is 0.423. The molecule has 2 N–H and O–H groups in total. The number of aromatic nitrogens is 1. The van der Waals surface area contributed by atoms with Crippen molar-refractivity contribution in [1.29, 1.82) is 0 Å². The van der Waals surface area contributed by atoms with Gasteiger partial charge in [-0.05, 0) is 23.8 Å². The minimum Gasteiger partial charge on any atom is -0.489 e. The van der Waals surface area contributed by atoms with Crippen molar-refractivity contribution in [1.82, 2.24) is 4.98 Å². The second kappa shape index (κ2) is 7.80. The van der Waals surface area contributed by atoms with Crippen LogP contribution in [0.1, 0.15) is 15.9 Å². The highest BCUT2D eigenvalue weighted by Crippen LogP contribution is 2.21. The van der Waals surface area contributed by atoms with Crippen molar-refractivity contribution in [3.05, 3.63) is 96.2 Å². The molecule has 0 saturated carbocycles. The molecule has 0 fully saturated rings. The number of ketones is 1. The molecule has 4 rings (SSSR count). The van der Waals surface area contributed by atoms with Crippen LogP contribution in [0.3, 0.4) is 0 Å². The van der Waals surface area contributed by atoms with Crippen molar-refractivity contribution in [2.24, 2.45) is 0 Å². The van der Waals surface area contributed by atoms with E-state index in [-0.39, 0.29) is 0 Å². The lowest BCUT2D eigenvalue weighted by molar-refractivity contribution is -0.112. The molecule has 5 heteroatoms. The maximum Gasteiger partial charge on any atom is 0.296 e. The van der Waals surface area contributed by atoms with E-state index in [1.54, 1.807) is 30.5 Å². The number of nitrogens with one attached hydrogen (secondary N) is 2. The van der Waals surface area contributed by atoms with E-state index in [2.05, 4.69) is 10.3 Å². The summed E-state index contributed by atoms with van der Waals surface area (Å²) in [5.74, 6) is -0.667. The zero-order valence-electron chi connectivity index (χ0n) is 15.0. The first-order valence-corrected chi connectivity index (χ1v) is 8.89. The van der Waals surface area contributed by atoms with Gasteiger partial charge in [-0.2, -0.15) is 0 Å². The summed E-state index contributed by atoms with van der Waals surface area (Å²) in [6.07, 6.45) is 1.56. The quantitative estimate of drug-likeness (QED) is 0.386. The number of amides is 1. The molecule has 0 spiro atoms. The number of Topliss-reactive ketones (excluding diaryl/α,β-unsaturated/α-hetero) is 1. The number of rotatable bonds is 6. The zero-order valence-corrected chi connectivity index (χ0v) is 15.0. The molecule has 5 nitrogen and oxygen atoms in total.